The molecule has 0 aromatic heterocycles. The molecule has 22 heteroatoms. The summed E-state index contributed by atoms with van der Waals surface area (Å²) in [6, 6.07) is -2.65. The highest BCUT2D eigenvalue weighted by Crippen LogP contribution is 2.56. The fraction of sp³-hybridized carbons (Fsp3) is 0.929. The Bertz CT molecular complexity index is 1110. The van der Waals surface area contributed by atoms with Gasteiger partial charge in [0.05, 0.1) is 12.1 Å². The molecule has 0 fully saturated rings. The molecule has 7 nitrogen and oxygen atoms in total. The van der Waals surface area contributed by atoms with Crippen LogP contribution in [0.2, 0.25) is 0 Å². The van der Waals surface area contributed by atoms with Crippen molar-refractivity contribution in [3.05, 3.63) is 0 Å². The molecule has 298 valence electrons. The molecule has 0 spiro atoms. The average molecular weight is 771 g/mol. The van der Waals surface area contributed by atoms with Gasteiger partial charge in [-0.1, -0.05) is 40.5 Å². The first-order valence-electron chi connectivity index (χ1n) is 14.9. The number of nitrogens with one attached hydrogen (secondary N) is 2. The minimum Gasteiger partial charge on any atom is -0.446 e. The minimum absolute atomic E-state index is 0.106. The number of alkyl halides is 15. The summed E-state index contributed by atoms with van der Waals surface area (Å²) in [5, 5.41) is 4.02. The molecule has 0 aliphatic carbocycles. The standard InChI is InChI=1S/C28H41F15N2O5/c1-9-11-16(44-18(46)48-13-22(30,15(3)4)25(33,34)35)17(12-10-2)45-19(47)49-14-23(31,26(36,37)38)21(7,8)50-28(42,43)24(32,20(5,6)29)27(39,40)41/h15-17H,9-14H2,1-8H3,(H,44,46)(H,45,47). The fourth-order valence-electron chi connectivity index (χ4n) is 4.58. The molecule has 5 atom stereocenters. The first-order valence-corrected chi connectivity index (χ1v) is 14.9. The van der Waals surface area contributed by atoms with Crippen molar-refractivity contribution in [2.24, 2.45) is 5.92 Å². The van der Waals surface area contributed by atoms with Gasteiger partial charge in [-0.25, -0.2) is 27.2 Å². The summed E-state index contributed by atoms with van der Waals surface area (Å²) in [6.45, 7) is -0.652. The first kappa shape index (κ1) is 47.4. The predicted octanol–water partition coefficient (Wildman–Crippen LogP) is 9.38. The molecule has 0 aliphatic heterocycles. The molecule has 0 bridgehead atoms. The lowest BCUT2D eigenvalue weighted by molar-refractivity contribution is -0.443. The van der Waals surface area contributed by atoms with Crippen LogP contribution in [0.5, 0.6) is 0 Å². The van der Waals surface area contributed by atoms with E-state index in [2.05, 4.69) is 19.5 Å². The van der Waals surface area contributed by atoms with Crippen molar-refractivity contribution in [3.63, 3.8) is 0 Å². The molecule has 2 amide bonds. The molecule has 2 N–H and O–H groups in total. The van der Waals surface area contributed by atoms with Crippen LogP contribution in [-0.4, -0.2) is 90.4 Å². The van der Waals surface area contributed by atoms with Crippen molar-refractivity contribution >= 4 is 12.2 Å². The van der Waals surface area contributed by atoms with Crippen LogP contribution in [0.25, 0.3) is 0 Å². The number of halogens is 15. The largest absolute Gasteiger partial charge is 0.446 e. The summed E-state index contributed by atoms with van der Waals surface area (Å²) in [5.74, 6) is -1.70. The summed E-state index contributed by atoms with van der Waals surface area (Å²) in [6.07, 6.45) is -28.7. The highest BCUT2D eigenvalue weighted by molar-refractivity contribution is 5.69. The quantitative estimate of drug-likeness (QED) is 0.144. The molecule has 0 rings (SSSR count). The maximum absolute atomic E-state index is 15.6. The first-order chi connectivity index (χ1) is 22.0. The minimum atomic E-state index is -6.82. The van der Waals surface area contributed by atoms with Gasteiger partial charge in [-0.15, -0.1) is 0 Å². The number of hydrogen-bond acceptors (Lipinski definition) is 5. The molecule has 0 radical (unpaired) electrons. The van der Waals surface area contributed by atoms with Gasteiger partial charge in [0.25, 0.3) is 5.67 Å². The van der Waals surface area contributed by atoms with Crippen molar-refractivity contribution in [1.29, 1.82) is 0 Å². The van der Waals surface area contributed by atoms with Gasteiger partial charge in [-0.3, -0.25) is 0 Å². The highest BCUT2D eigenvalue weighted by Gasteiger charge is 2.82. The Labute approximate surface area is 278 Å². The second-order valence-electron chi connectivity index (χ2n) is 12.8. The van der Waals surface area contributed by atoms with E-state index in [1.807, 2.05) is 5.32 Å². The zero-order chi connectivity index (χ0) is 40.2. The third kappa shape index (κ3) is 10.3. The van der Waals surface area contributed by atoms with E-state index in [0.29, 0.717) is 0 Å². The van der Waals surface area contributed by atoms with Crippen molar-refractivity contribution in [2.75, 3.05) is 13.2 Å². The van der Waals surface area contributed by atoms with E-state index in [0.717, 1.165) is 13.8 Å². The lowest BCUT2D eigenvalue weighted by Gasteiger charge is -2.46. The fourth-order valence-corrected chi connectivity index (χ4v) is 4.58. The second kappa shape index (κ2) is 16.0. The summed E-state index contributed by atoms with van der Waals surface area (Å²) >= 11 is 0. The molecule has 0 aliphatic rings. The van der Waals surface area contributed by atoms with Crippen LogP contribution in [0.4, 0.5) is 75.4 Å². The van der Waals surface area contributed by atoms with Crippen molar-refractivity contribution in [3.8, 4) is 0 Å². The van der Waals surface area contributed by atoms with Crippen molar-refractivity contribution in [1.82, 2.24) is 10.6 Å². The summed E-state index contributed by atoms with van der Waals surface area (Å²) in [7, 11) is 0. The maximum atomic E-state index is 15.6. The second-order valence-corrected chi connectivity index (χ2v) is 12.8. The van der Waals surface area contributed by atoms with Crippen LogP contribution < -0.4 is 10.6 Å². The lowest BCUT2D eigenvalue weighted by atomic mass is 9.84. The zero-order valence-corrected chi connectivity index (χ0v) is 28.2. The van der Waals surface area contributed by atoms with Crippen LogP contribution in [0.3, 0.4) is 0 Å². The number of carbonyl (C=O) groups is 2. The monoisotopic (exact) mass is 770 g/mol. The van der Waals surface area contributed by atoms with Crippen LogP contribution in [0.1, 0.15) is 81.1 Å². The molecule has 0 saturated heterocycles. The number of hydrogen-bond donors (Lipinski definition) is 2. The van der Waals surface area contributed by atoms with E-state index < -0.39 is 96.3 Å². The molecule has 50 heavy (non-hydrogen) atoms. The zero-order valence-electron chi connectivity index (χ0n) is 28.2. The Morgan fingerprint density at radius 2 is 0.980 bits per heavy atom. The van der Waals surface area contributed by atoms with Gasteiger partial charge in [-0.2, -0.15) is 48.3 Å². The number of ether oxygens (including phenoxy) is 3. The number of carbonyl (C=O) groups excluding carboxylic acids is 2. The number of alkyl carbamates (subject to hydrolysis) is 2. The molecule has 0 heterocycles. The smallest absolute Gasteiger partial charge is 0.434 e. The molecule has 0 saturated carbocycles. The van der Waals surface area contributed by atoms with Gasteiger partial charge < -0.3 is 24.8 Å². The Morgan fingerprint density at radius 3 is 1.26 bits per heavy atom. The van der Waals surface area contributed by atoms with E-state index in [1.165, 1.54) is 13.8 Å². The van der Waals surface area contributed by atoms with Gasteiger partial charge in [0.2, 0.25) is 5.67 Å². The van der Waals surface area contributed by atoms with Gasteiger partial charge in [0, 0.05) is 0 Å². The van der Waals surface area contributed by atoms with Gasteiger partial charge in [0.1, 0.15) is 18.8 Å². The van der Waals surface area contributed by atoms with E-state index >= 15 is 4.39 Å². The molecule has 0 aromatic rings. The lowest BCUT2D eigenvalue weighted by Crippen LogP contribution is -2.71. The third-order valence-corrected chi connectivity index (χ3v) is 7.89. The van der Waals surface area contributed by atoms with Crippen LogP contribution in [0, 0.1) is 5.92 Å². The number of rotatable bonds is 17. The molecular formula is C28H41F15N2O5. The topological polar surface area (TPSA) is 85.9 Å². The molecule has 5 unspecified atom stereocenters. The Kier molecular flexibility index (Phi) is 15.2. The normalized spacial score (nSPS) is 18.7. The van der Waals surface area contributed by atoms with Crippen LogP contribution in [0.15, 0.2) is 0 Å². The van der Waals surface area contributed by atoms with Gasteiger partial charge in [0.15, 0.2) is 5.67 Å². The number of amides is 2. The van der Waals surface area contributed by atoms with Crippen molar-refractivity contribution in [2.45, 2.75) is 146 Å². The Balaban J connectivity index is 6.23. The van der Waals surface area contributed by atoms with E-state index in [-0.39, 0.29) is 53.4 Å². The van der Waals surface area contributed by atoms with E-state index in [4.69, 9.17) is 0 Å². The average Bonchev–Trinajstić information content (AvgIpc) is 2.90. The van der Waals surface area contributed by atoms with E-state index in [1.54, 1.807) is 0 Å². The summed E-state index contributed by atoms with van der Waals surface area (Å²) < 4.78 is 222. The summed E-state index contributed by atoms with van der Waals surface area (Å²) in [4.78, 5) is 24.9. The Hall–Kier alpha value is -2.55. The molecule has 0 aromatic carbocycles. The SMILES string of the molecule is CCCC(NC(=O)OCC(F)(C(C)C)C(F)(F)F)C(CCC)NC(=O)OCC(F)(C(F)(F)F)C(C)(C)OC(F)(F)C(F)(C(C)(C)F)C(F)(F)F. The van der Waals surface area contributed by atoms with Gasteiger partial charge in [-0.05, 0) is 46.5 Å². The van der Waals surface area contributed by atoms with Crippen LogP contribution in [-0.2, 0) is 14.2 Å². The Morgan fingerprint density at radius 1 is 0.600 bits per heavy atom. The maximum Gasteiger partial charge on any atom is 0.434 e. The molecular weight excluding hydrogens is 729 g/mol. The van der Waals surface area contributed by atoms with Crippen molar-refractivity contribution < 1.29 is 89.7 Å². The van der Waals surface area contributed by atoms with E-state index in [9.17, 15) is 71.1 Å². The van der Waals surface area contributed by atoms with Crippen LogP contribution >= 0.6 is 0 Å². The predicted molar refractivity (Wildman–Crippen MR) is 146 cm³/mol. The third-order valence-electron chi connectivity index (χ3n) is 7.89. The highest BCUT2D eigenvalue weighted by atomic mass is 19.4. The van der Waals surface area contributed by atoms with Gasteiger partial charge >= 0.3 is 42.5 Å². The summed E-state index contributed by atoms with van der Waals surface area (Å²) in [5.41, 5.74) is -24.4.